The maximum atomic E-state index is 13.4. The molecule has 182 valence electrons. The lowest BCUT2D eigenvalue weighted by Gasteiger charge is -2.21. The van der Waals surface area contributed by atoms with Gasteiger partial charge in [-0.15, -0.1) is 0 Å². The number of ether oxygens (including phenoxy) is 1. The number of methoxy groups -OCH3 is 1. The predicted molar refractivity (Wildman–Crippen MR) is 128 cm³/mol. The Kier molecular flexibility index (Phi) is 5.24. The lowest BCUT2D eigenvalue weighted by Crippen LogP contribution is -2.38. The summed E-state index contributed by atoms with van der Waals surface area (Å²) in [4.78, 5) is 54.3. The van der Waals surface area contributed by atoms with Crippen LogP contribution in [0.4, 0.5) is 0 Å². The van der Waals surface area contributed by atoms with Crippen molar-refractivity contribution in [2.45, 2.75) is 0 Å². The summed E-state index contributed by atoms with van der Waals surface area (Å²) < 4.78 is 6.91. The Labute approximate surface area is 205 Å². The van der Waals surface area contributed by atoms with Crippen molar-refractivity contribution in [1.29, 1.82) is 0 Å². The van der Waals surface area contributed by atoms with Gasteiger partial charge in [-0.1, -0.05) is 18.2 Å². The van der Waals surface area contributed by atoms with Gasteiger partial charge in [0.2, 0.25) is 0 Å². The summed E-state index contributed by atoms with van der Waals surface area (Å²) in [6, 6.07) is 9.20. The van der Waals surface area contributed by atoms with Crippen LogP contribution in [0.3, 0.4) is 0 Å². The van der Waals surface area contributed by atoms with Gasteiger partial charge in [0.05, 0.1) is 29.8 Å². The molecule has 0 saturated carbocycles. The van der Waals surface area contributed by atoms with E-state index in [2.05, 4.69) is 20.1 Å². The Morgan fingerprint density at radius 2 is 1.75 bits per heavy atom. The number of Topliss-reactive ketones (excluding diaryl/α,β-unsaturated/α-hetero) is 1. The molecule has 1 aromatic carbocycles. The summed E-state index contributed by atoms with van der Waals surface area (Å²) in [5.41, 5.74) is 1.39. The molecular weight excluding hydrogens is 462 g/mol. The summed E-state index contributed by atoms with van der Waals surface area (Å²) in [6.45, 7) is 2.03. The van der Waals surface area contributed by atoms with Gasteiger partial charge in [-0.2, -0.15) is 5.10 Å². The predicted octanol–water partition coefficient (Wildman–Crippen LogP) is 1.57. The Bertz CT molecular complexity index is 1450. The van der Waals surface area contributed by atoms with E-state index in [1.165, 1.54) is 36.8 Å². The smallest absolute Gasteiger partial charge is 0.295 e. The Hall–Kier alpha value is -4.54. The highest BCUT2D eigenvalue weighted by atomic mass is 16.5. The minimum absolute atomic E-state index is 0.00151. The Balaban J connectivity index is 1.21. The SMILES string of the molecule is COc1cnc(-n2cncn2)c2[nH]cc(C(=O)C(=O)N3CC4CN(C(=O)c5ccccc5)CC4C3)c12. The molecule has 0 aliphatic carbocycles. The zero-order valence-corrected chi connectivity index (χ0v) is 19.5. The number of carbonyl (C=O) groups is 3. The van der Waals surface area contributed by atoms with Crippen molar-refractivity contribution in [2.75, 3.05) is 33.3 Å². The number of aromatic nitrogens is 5. The fourth-order valence-electron chi connectivity index (χ4n) is 5.28. The van der Waals surface area contributed by atoms with E-state index in [4.69, 9.17) is 4.74 Å². The van der Waals surface area contributed by atoms with Gasteiger partial charge in [0, 0.05) is 49.8 Å². The summed E-state index contributed by atoms with van der Waals surface area (Å²) in [5, 5.41) is 4.58. The van der Waals surface area contributed by atoms with Gasteiger partial charge in [-0.25, -0.2) is 14.6 Å². The number of H-pyrrole nitrogens is 1. The van der Waals surface area contributed by atoms with E-state index in [0.29, 0.717) is 54.2 Å². The minimum Gasteiger partial charge on any atom is -0.494 e. The molecular formula is C25H23N7O4. The van der Waals surface area contributed by atoms with Crippen LogP contribution in [0.1, 0.15) is 20.7 Å². The zero-order valence-electron chi connectivity index (χ0n) is 19.5. The highest BCUT2D eigenvalue weighted by Gasteiger charge is 2.44. The molecule has 2 fully saturated rings. The number of likely N-dealkylation sites (tertiary alicyclic amines) is 2. The van der Waals surface area contributed by atoms with E-state index in [1.807, 2.05) is 35.2 Å². The number of nitrogens with one attached hydrogen (secondary N) is 1. The molecule has 2 atom stereocenters. The van der Waals surface area contributed by atoms with Crippen molar-refractivity contribution in [3.8, 4) is 11.6 Å². The van der Waals surface area contributed by atoms with Crippen molar-refractivity contribution in [3.05, 3.63) is 66.5 Å². The first-order valence-electron chi connectivity index (χ1n) is 11.6. The fraction of sp³-hybridized carbons (Fsp3) is 0.280. The number of hydrogen-bond donors (Lipinski definition) is 1. The van der Waals surface area contributed by atoms with E-state index in [0.717, 1.165) is 0 Å². The van der Waals surface area contributed by atoms with Gasteiger partial charge in [0.25, 0.3) is 17.6 Å². The molecule has 6 rings (SSSR count). The molecule has 3 aromatic heterocycles. The Morgan fingerprint density at radius 1 is 1.03 bits per heavy atom. The fourth-order valence-corrected chi connectivity index (χ4v) is 5.28. The normalized spacial score (nSPS) is 19.0. The monoisotopic (exact) mass is 485 g/mol. The molecule has 0 bridgehead atoms. The topological polar surface area (TPSA) is 126 Å². The van der Waals surface area contributed by atoms with Gasteiger partial charge in [0.1, 0.15) is 18.4 Å². The molecule has 2 amide bonds. The van der Waals surface area contributed by atoms with Crippen LogP contribution >= 0.6 is 0 Å². The summed E-state index contributed by atoms with van der Waals surface area (Å²) in [7, 11) is 1.48. The molecule has 0 spiro atoms. The first kappa shape index (κ1) is 22.0. The third-order valence-corrected chi connectivity index (χ3v) is 7.03. The molecule has 4 aromatic rings. The van der Waals surface area contributed by atoms with Crippen molar-refractivity contribution in [2.24, 2.45) is 11.8 Å². The second kappa shape index (κ2) is 8.59. The van der Waals surface area contributed by atoms with Crippen LogP contribution in [0.15, 0.2) is 55.4 Å². The number of ketones is 1. The van der Waals surface area contributed by atoms with Gasteiger partial charge < -0.3 is 19.5 Å². The van der Waals surface area contributed by atoms with Gasteiger partial charge in [0.15, 0.2) is 5.82 Å². The maximum Gasteiger partial charge on any atom is 0.295 e. The Morgan fingerprint density at radius 3 is 2.42 bits per heavy atom. The molecule has 11 heteroatoms. The number of amides is 2. The first-order chi connectivity index (χ1) is 17.5. The quantitative estimate of drug-likeness (QED) is 0.336. The molecule has 1 N–H and O–H groups in total. The molecule has 11 nitrogen and oxygen atoms in total. The van der Waals surface area contributed by atoms with E-state index >= 15 is 0 Å². The molecule has 36 heavy (non-hydrogen) atoms. The van der Waals surface area contributed by atoms with Crippen molar-refractivity contribution in [1.82, 2.24) is 34.5 Å². The zero-order chi connectivity index (χ0) is 24.8. The van der Waals surface area contributed by atoms with Crippen LogP contribution < -0.4 is 4.74 Å². The van der Waals surface area contributed by atoms with E-state index in [1.54, 1.807) is 4.90 Å². The summed E-state index contributed by atoms with van der Waals surface area (Å²) >= 11 is 0. The molecule has 2 saturated heterocycles. The molecule has 5 heterocycles. The highest BCUT2D eigenvalue weighted by molar-refractivity contribution is 6.45. The first-order valence-corrected chi connectivity index (χ1v) is 11.6. The average Bonchev–Trinajstić information content (AvgIpc) is 3.70. The number of nitrogens with zero attached hydrogens (tertiary/aromatic N) is 6. The van der Waals surface area contributed by atoms with Gasteiger partial charge in [-0.05, 0) is 12.1 Å². The maximum absolute atomic E-state index is 13.4. The van der Waals surface area contributed by atoms with Crippen molar-refractivity contribution >= 4 is 28.5 Å². The van der Waals surface area contributed by atoms with E-state index < -0.39 is 11.7 Å². The van der Waals surface area contributed by atoms with Crippen molar-refractivity contribution in [3.63, 3.8) is 0 Å². The largest absolute Gasteiger partial charge is 0.494 e. The van der Waals surface area contributed by atoms with Crippen LogP contribution in [-0.4, -0.2) is 85.4 Å². The van der Waals surface area contributed by atoms with Crippen LogP contribution in [0, 0.1) is 11.8 Å². The summed E-state index contributed by atoms with van der Waals surface area (Å²) in [6.07, 6.45) is 5.88. The van der Waals surface area contributed by atoms with Crippen LogP contribution in [0.5, 0.6) is 5.75 Å². The third kappa shape index (κ3) is 3.51. The summed E-state index contributed by atoms with van der Waals surface area (Å²) in [5.74, 6) is -0.0695. The number of rotatable bonds is 5. The number of aromatic amines is 1. The van der Waals surface area contributed by atoms with Crippen LogP contribution in [0.2, 0.25) is 0 Å². The number of pyridine rings is 1. The van der Waals surface area contributed by atoms with Crippen LogP contribution in [-0.2, 0) is 4.79 Å². The molecule has 0 radical (unpaired) electrons. The average molecular weight is 486 g/mol. The number of hydrogen-bond acceptors (Lipinski definition) is 7. The highest BCUT2D eigenvalue weighted by Crippen LogP contribution is 2.34. The van der Waals surface area contributed by atoms with E-state index in [-0.39, 0.29) is 23.3 Å². The van der Waals surface area contributed by atoms with Crippen molar-refractivity contribution < 1.29 is 19.1 Å². The molecule has 2 aliphatic rings. The minimum atomic E-state index is -0.618. The second-order valence-electron chi connectivity index (χ2n) is 9.08. The number of fused-ring (bicyclic) bond motifs is 2. The second-order valence-corrected chi connectivity index (χ2v) is 9.08. The lowest BCUT2D eigenvalue weighted by molar-refractivity contribution is -0.125. The lowest BCUT2D eigenvalue weighted by atomic mass is 10.0. The standard InChI is InChI=1S/C25H23N7O4/c1-36-19-8-28-23(32-14-26-13-29-32)21-20(19)18(7-27-21)22(33)25(35)31-11-16-9-30(10-17(16)12-31)24(34)15-5-3-2-4-6-15/h2-8,13-14,16-17,27H,9-12H2,1H3. The third-order valence-electron chi connectivity index (χ3n) is 7.03. The van der Waals surface area contributed by atoms with Gasteiger partial charge in [-0.3, -0.25) is 14.4 Å². The van der Waals surface area contributed by atoms with Gasteiger partial charge >= 0.3 is 0 Å². The van der Waals surface area contributed by atoms with Crippen LogP contribution in [0.25, 0.3) is 16.7 Å². The number of carbonyl (C=O) groups excluding carboxylic acids is 3. The molecule has 2 unspecified atom stereocenters. The number of benzene rings is 1. The van der Waals surface area contributed by atoms with E-state index in [9.17, 15) is 14.4 Å². The molecule has 2 aliphatic heterocycles.